The molecule has 0 spiro atoms. The Labute approximate surface area is 380 Å². The summed E-state index contributed by atoms with van der Waals surface area (Å²) in [6.45, 7) is 4.06. The second kappa shape index (κ2) is 20.5. The molecule has 5 aromatic carbocycles. The highest BCUT2D eigenvalue weighted by Crippen LogP contribution is 2.37. The van der Waals surface area contributed by atoms with Crippen LogP contribution in [0.2, 0.25) is 5.02 Å². The van der Waals surface area contributed by atoms with E-state index in [9.17, 15) is 39.6 Å². The summed E-state index contributed by atoms with van der Waals surface area (Å²) in [4.78, 5) is 30.0. The van der Waals surface area contributed by atoms with E-state index in [-0.39, 0.29) is 17.3 Å². The summed E-state index contributed by atoms with van der Waals surface area (Å²) in [6.07, 6.45) is 1.59. The lowest BCUT2D eigenvalue weighted by Gasteiger charge is -2.33. The zero-order valence-electron chi connectivity index (χ0n) is 34.5. The van der Waals surface area contributed by atoms with Crippen LogP contribution in [0.15, 0.2) is 136 Å². The number of carbonyl (C=O) groups excluding carboxylic acids is 2. The molecule has 1 atom stereocenters. The van der Waals surface area contributed by atoms with Crippen molar-refractivity contribution in [2.75, 3.05) is 61.9 Å². The van der Waals surface area contributed by atoms with Crippen LogP contribution in [0.5, 0.6) is 0 Å². The van der Waals surface area contributed by atoms with E-state index in [4.69, 9.17) is 16.3 Å². The van der Waals surface area contributed by atoms with Crippen LogP contribution in [0.3, 0.4) is 0 Å². The largest absolute Gasteiger partial charge is 0.501 e. The summed E-state index contributed by atoms with van der Waals surface area (Å²) in [6, 6.07) is 32.0. The number of Topliss-reactive ketones (excluding diaryl/α,β-unsaturated/α-hetero) is 1. The van der Waals surface area contributed by atoms with Crippen molar-refractivity contribution in [3.05, 3.63) is 137 Å². The number of nitrogens with one attached hydrogen (secondary N) is 2. The van der Waals surface area contributed by atoms with Gasteiger partial charge in [0, 0.05) is 77.2 Å². The topological polar surface area (TPSA) is 142 Å². The van der Waals surface area contributed by atoms with Crippen LogP contribution >= 0.6 is 23.4 Å². The van der Waals surface area contributed by atoms with E-state index in [0.717, 1.165) is 33.8 Å². The Morgan fingerprint density at radius 2 is 1.47 bits per heavy atom. The van der Waals surface area contributed by atoms with E-state index in [1.807, 2.05) is 71.5 Å². The zero-order chi connectivity index (χ0) is 45.5. The maximum atomic E-state index is 14.2. The second-order valence-electron chi connectivity index (χ2n) is 15.5. The minimum absolute atomic E-state index is 0.0501. The molecule has 2 fully saturated rings. The average Bonchev–Trinajstić information content (AvgIpc) is 3.30. The van der Waals surface area contributed by atoms with Crippen LogP contribution in [-0.2, 0) is 24.6 Å². The van der Waals surface area contributed by atoms with E-state index in [1.165, 1.54) is 23.9 Å². The van der Waals surface area contributed by atoms with Crippen molar-refractivity contribution >= 4 is 66.3 Å². The first kappa shape index (κ1) is 47.1. The van der Waals surface area contributed by atoms with Crippen molar-refractivity contribution in [1.29, 1.82) is 0 Å². The number of sulfone groups is 1. The Morgan fingerprint density at radius 1 is 0.812 bits per heavy atom. The lowest BCUT2D eigenvalue weighted by molar-refractivity contribution is -0.0436. The third-order valence-corrected chi connectivity index (χ3v) is 15.5. The number of nitrogens with zero attached hydrogens (tertiary/aromatic N) is 2. The molecule has 0 saturated carbocycles. The number of sulfonamides is 1. The number of rotatable bonds is 16. The lowest BCUT2D eigenvalue weighted by atomic mass is 9.85. The first-order valence-electron chi connectivity index (χ1n) is 20.6. The smallest absolute Gasteiger partial charge is 0.380 e. The van der Waals surface area contributed by atoms with Crippen molar-refractivity contribution < 1.29 is 44.3 Å². The number of hydrogen-bond donors (Lipinski definition) is 2. The molecular formula is C46H46ClF3N4O7S3. The minimum Gasteiger partial charge on any atom is -0.380 e. The molecular weight excluding hydrogens is 909 g/mol. The van der Waals surface area contributed by atoms with Crippen LogP contribution in [0.4, 0.5) is 24.5 Å². The maximum Gasteiger partial charge on any atom is 0.501 e. The highest BCUT2D eigenvalue weighted by molar-refractivity contribution is 7.99. The number of halogens is 4. The first-order valence-corrected chi connectivity index (χ1v) is 24.9. The van der Waals surface area contributed by atoms with Crippen molar-refractivity contribution in [2.24, 2.45) is 5.92 Å². The predicted molar refractivity (Wildman–Crippen MR) is 243 cm³/mol. The van der Waals surface area contributed by atoms with Gasteiger partial charge in [0.2, 0.25) is 0 Å². The molecule has 2 N–H and O–H groups in total. The normalized spacial score (nSPS) is 16.0. The Bertz CT molecular complexity index is 2640. The van der Waals surface area contributed by atoms with Gasteiger partial charge in [-0.3, -0.25) is 14.5 Å². The zero-order valence-corrected chi connectivity index (χ0v) is 37.7. The summed E-state index contributed by atoms with van der Waals surface area (Å²) >= 11 is 7.52. The van der Waals surface area contributed by atoms with Crippen molar-refractivity contribution in [3.63, 3.8) is 0 Å². The summed E-state index contributed by atoms with van der Waals surface area (Å²) in [7, 11) is -10.9. The monoisotopic (exact) mass is 954 g/mol. The van der Waals surface area contributed by atoms with Crippen LogP contribution in [0, 0.1) is 5.92 Å². The molecule has 64 heavy (non-hydrogen) atoms. The Hall–Kier alpha value is -4.91. The molecule has 0 aromatic heterocycles. The van der Waals surface area contributed by atoms with E-state index in [2.05, 4.69) is 15.1 Å². The SMILES string of the molecule is O=C(NS(=O)(=O)c1ccc(N[C@H](CCN2CCOCC2)CSc2ccccc2)c(S(=O)(=O)C(F)(F)F)c1)c1ccc(N2CCC(C(=O)c3ccccc3-c3ccc(Cl)cc3)CC2)cc1. The number of amides is 1. The molecule has 5 aromatic rings. The summed E-state index contributed by atoms with van der Waals surface area (Å²) in [5, 5.41) is 3.57. The number of piperidine rings is 1. The number of ketones is 1. The Kier molecular flexibility index (Phi) is 15.1. The van der Waals surface area contributed by atoms with Gasteiger partial charge in [0.1, 0.15) is 4.90 Å². The number of carbonyl (C=O) groups is 2. The molecule has 18 heteroatoms. The number of anilines is 2. The molecule has 2 aliphatic rings. The highest BCUT2D eigenvalue weighted by Gasteiger charge is 2.48. The highest BCUT2D eigenvalue weighted by atomic mass is 35.5. The van der Waals surface area contributed by atoms with Gasteiger partial charge in [-0.15, -0.1) is 11.8 Å². The molecule has 0 aliphatic carbocycles. The Morgan fingerprint density at radius 3 is 2.14 bits per heavy atom. The van der Waals surface area contributed by atoms with Crippen LogP contribution < -0.4 is 14.9 Å². The first-order chi connectivity index (χ1) is 30.6. The molecule has 11 nitrogen and oxygen atoms in total. The summed E-state index contributed by atoms with van der Waals surface area (Å²) in [5.74, 6) is -0.877. The van der Waals surface area contributed by atoms with Crippen molar-refractivity contribution in [2.45, 2.75) is 45.5 Å². The van der Waals surface area contributed by atoms with E-state index < -0.39 is 52.8 Å². The number of hydrogen-bond acceptors (Lipinski definition) is 11. The lowest BCUT2D eigenvalue weighted by Crippen LogP contribution is -2.39. The third kappa shape index (κ3) is 11.5. The number of morpholine rings is 1. The van der Waals surface area contributed by atoms with E-state index in [0.29, 0.717) is 87.6 Å². The molecule has 0 radical (unpaired) electrons. The van der Waals surface area contributed by atoms with Gasteiger partial charge >= 0.3 is 5.51 Å². The molecule has 2 saturated heterocycles. The van der Waals surface area contributed by atoms with Crippen molar-refractivity contribution in [3.8, 4) is 11.1 Å². The van der Waals surface area contributed by atoms with Gasteiger partial charge in [0.25, 0.3) is 25.8 Å². The third-order valence-electron chi connectivity index (χ3n) is 11.2. The number of thioether (sulfide) groups is 1. The molecule has 0 unspecified atom stereocenters. The summed E-state index contributed by atoms with van der Waals surface area (Å²) in [5.41, 5.74) is -3.14. The van der Waals surface area contributed by atoms with E-state index >= 15 is 0 Å². The fraction of sp³-hybridized carbons (Fsp3) is 0.304. The fourth-order valence-corrected chi connectivity index (χ4v) is 10.8. The van der Waals surface area contributed by atoms with Crippen molar-refractivity contribution in [1.82, 2.24) is 9.62 Å². The maximum absolute atomic E-state index is 14.2. The number of ether oxygens (including phenoxy) is 1. The van der Waals surface area contributed by atoms with Gasteiger partial charge < -0.3 is 15.0 Å². The molecule has 2 heterocycles. The molecule has 1 amide bonds. The van der Waals surface area contributed by atoms with Gasteiger partial charge in [0.05, 0.1) is 23.8 Å². The minimum atomic E-state index is -6.07. The van der Waals surface area contributed by atoms with Gasteiger partial charge in [-0.25, -0.2) is 21.6 Å². The second-order valence-corrected chi connectivity index (χ2v) is 20.6. The molecule has 7 rings (SSSR count). The van der Waals surface area contributed by atoms with Crippen LogP contribution in [0.1, 0.15) is 40.0 Å². The number of alkyl halides is 3. The Balaban J connectivity index is 1.02. The van der Waals surface area contributed by atoms with Gasteiger partial charge in [0.15, 0.2) is 5.78 Å². The van der Waals surface area contributed by atoms with Crippen LogP contribution in [-0.4, -0.2) is 96.7 Å². The molecule has 338 valence electrons. The average molecular weight is 956 g/mol. The van der Waals surface area contributed by atoms with E-state index in [1.54, 1.807) is 24.3 Å². The quantitative estimate of drug-likeness (QED) is 0.0724. The standard InChI is InChI=1S/C46H46ClF3N4O7S3/c47-35-14-10-32(11-15-35)40-8-4-5-9-41(40)44(55)33-20-24-54(25-21-33)37-16-12-34(13-17-37)45(56)52-64(59,60)39-18-19-42(43(30-39)63(57,58)46(48,49)50)51-36(22-23-53-26-28-61-29-27-53)31-62-38-6-2-1-3-7-38/h1-19,30,33,36,51H,20-29,31H2,(H,52,56)/t36-/m1/s1. The predicted octanol–water partition coefficient (Wildman–Crippen LogP) is 8.81. The molecule has 2 aliphatic heterocycles. The summed E-state index contributed by atoms with van der Waals surface area (Å²) < 4.78 is 103. The fourth-order valence-electron chi connectivity index (χ4n) is 7.69. The molecule has 0 bridgehead atoms. The van der Waals surface area contributed by atoms with Crippen LogP contribution in [0.25, 0.3) is 11.1 Å². The van der Waals surface area contributed by atoms with Gasteiger partial charge in [-0.05, 0) is 97.1 Å². The van der Waals surface area contributed by atoms with Gasteiger partial charge in [-0.1, -0.05) is 66.2 Å². The number of benzene rings is 5. The van der Waals surface area contributed by atoms with Gasteiger partial charge in [-0.2, -0.15) is 13.2 Å².